The van der Waals surface area contributed by atoms with Crippen LogP contribution >= 0.6 is 0 Å². The number of amides is 1. The van der Waals surface area contributed by atoms with Crippen LogP contribution in [0.3, 0.4) is 0 Å². The average Bonchev–Trinajstić information content (AvgIpc) is 3.31. The number of furan rings is 1. The smallest absolute Gasteiger partial charge is 0.340 e. The first-order valence-electron chi connectivity index (χ1n) is 10.7. The van der Waals surface area contributed by atoms with Gasteiger partial charge in [0.2, 0.25) is 10.0 Å². The summed E-state index contributed by atoms with van der Waals surface area (Å²) in [6, 6.07) is 11.3. The third-order valence-electron chi connectivity index (χ3n) is 5.00. The van der Waals surface area contributed by atoms with Gasteiger partial charge in [-0.3, -0.25) is 4.79 Å². The van der Waals surface area contributed by atoms with Gasteiger partial charge >= 0.3 is 5.97 Å². The number of nitrogens with zero attached hydrogens (tertiary/aromatic N) is 1. The third kappa shape index (κ3) is 5.61. The summed E-state index contributed by atoms with van der Waals surface area (Å²) in [5, 5.41) is 0. The summed E-state index contributed by atoms with van der Waals surface area (Å²) in [7, 11) is -3.69. The van der Waals surface area contributed by atoms with Crippen molar-refractivity contribution in [3.63, 3.8) is 0 Å². The highest BCUT2D eigenvalue weighted by atomic mass is 32.2. The van der Waals surface area contributed by atoms with E-state index < -0.39 is 16.0 Å². The zero-order valence-corrected chi connectivity index (χ0v) is 19.9. The molecule has 33 heavy (non-hydrogen) atoms. The molecule has 1 N–H and O–H groups in total. The van der Waals surface area contributed by atoms with Gasteiger partial charge in [0.1, 0.15) is 11.5 Å². The lowest BCUT2D eigenvalue weighted by Gasteiger charge is -2.19. The lowest BCUT2D eigenvalue weighted by molar-refractivity contribution is -0.138. The molecule has 1 aromatic carbocycles. The van der Waals surface area contributed by atoms with Crippen LogP contribution in [0.1, 0.15) is 39.2 Å². The maximum absolute atomic E-state index is 13.1. The Morgan fingerprint density at radius 3 is 2.52 bits per heavy atom. The number of carbonyl (C=O) groups excluding carboxylic acids is 2. The van der Waals surface area contributed by atoms with E-state index in [-0.39, 0.29) is 41.0 Å². The topological polar surface area (TPSA) is 106 Å². The molecular formula is C24H28N2O6S. The molecule has 0 saturated heterocycles. The van der Waals surface area contributed by atoms with E-state index in [2.05, 4.69) is 4.72 Å². The maximum atomic E-state index is 13.1. The number of ether oxygens (including phenoxy) is 1. The van der Waals surface area contributed by atoms with Crippen LogP contribution in [-0.2, 0) is 30.9 Å². The fourth-order valence-electron chi connectivity index (χ4n) is 3.47. The van der Waals surface area contributed by atoms with Crippen LogP contribution in [0.2, 0.25) is 0 Å². The first-order valence-corrected chi connectivity index (χ1v) is 12.2. The molecule has 0 saturated carbocycles. The molecule has 9 heteroatoms. The summed E-state index contributed by atoms with van der Waals surface area (Å²) in [4.78, 5) is 27.4. The number of benzene rings is 1. The van der Waals surface area contributed by atoms with Gasteiger partial charge in [0.05, 0.1) is 29.2 Å². The van der Waals surface area contributed by atoms with Gasteiger partial charge in [-0.05, 0) is 50.1 Å². The first kappa shape index (κ1) is 24.5. The third-order valence-corrected chi connectivity index (χ3v) is 6.41. The number of carbonyl (C=O) groups is 2. The standard InChI is InChI=1S/C24H28N2O6S/c1-5-31-24(28)22-17(4)26(15-16(2)3)23(27)21(22)13-18-11-12-19(32-18)14-25-33(29,30)20-9-7-6-8-10-20/h6-13,16,25H,5,14-15H2,1-4H3/b21-13+. The van der Waals surface area contributed by atoms with Gasteiger partial charge in [0, 0.05) is 12.2 Å². The van der Waals surface area contributed by atoms with Crippen molar-refractivity contribution in [3.05, 3.63) is 70.8 Å². The van der Waals surface area contributed by atoms with Crippen molar-refractivity contribution in [2.24, 2.45) is 5.92 Å². The highest BCUT2D eigenvalue weighted by Gasteiger charge is 2.37. The summed E-state index contributed by atoms with van der Waals surface area (Å²) < 4.78 is 38.2. The molecule has 2 heterocycles. The molecule has 0 aliphatic carbocycles. The molecular weight excluding hydrogens is 444 g/mol. The van der Waals surface area contributed by atoms with E-state index >= 15 is 0 Å². The second kappa shape index (κ2) is 10.2. The van der Waals surface area contributed by atoms with E-state index in [0.29, 0.717) is 23.8 Å². The van der Waals surface area contributed by atoms with Crippen molar-refractivity contribution in [1.82, 2.24) is 9.62 Å². The number of hydrogen-bond acceptors (Lipinski definition) is 6. The Bertz CT molecular complexity index is 1190. The van der Waals surface area contributed by atoms with Crippen LogP contribution in [-0.4, -0.2) is 38.3 Å². The Labute approximate surface area is 194 Å². The lowest BCUT2D eigenvalue weighted by atomic mass is 10.1. The average molecular weight is 473 g/mol. The van der Waals surface area contributed by atoms with E-state index in [1.165, 1.54) is 18.2 Å². The molecule has 8 nitrogen and oxygen atoms in total. The molecule has 3 rings (SSSR count). The van der Waals surface area contributed by atoms with E-state index in [1.54, 1.807) is 49.1 Å². The van der Waals surface area contributed by atoms with Gasteiger partial charge in [-0.25, -0.2) is 17.9 Å². The summed E-state index contributed by atoms with van der Waals surface area (Å²) in [6.45, 7) is 7.99. The van der Waals surface area contributed by atoms with Crippen LogP contribution in [0.25, 0.3) is 6.08 Å². The van der Waals surface area contributed by atoms with Gasteiger partial charge in [0.15, 0.2) is 0 Å². The van der Waals surface area contributed by atoms with E-state index in [1.807, 2.05) is 13.8 Å². The zero-order chi connectivity index (χ0) is 24.2. The molecule has 1 aliphatic rings. The number of esters is 1. The van der Waals surface area contributed by atoms with Gasteiger partial charge in [-0.2, -0.15) is 0 Å². The van der Waals surface area contributed by atoms with Crippen LogP contribution in [0.4, 0.5) is 0 Å². The molecule has 0 unspecified atom stereocenters. The van der Waals surface area contributed by atoms with E-state index in [0.717, 1.165) is 0 Å². The monoisotopic (exact) mass is 472 g/mol. The number of sulfonamides is 1. The SMILES string of the molecule is CCOC(=O)C1=C(C)N(CC(C)C)C(=O)/C1=C/c1ccc(CNS(=O)(=O)c2ccccc2)o1. The van der Waals surface area contributed by atoms with E-state index in [4.69, 9.17) is 9.15 Å². The van der Waals surface area contributed by atoms with Crippen molar-refractivity contribution in [3.8, 4) is 0 Å². The maximum Gasteiger partial charge on any atom is 0.340 e. The van der Waals surface area contributed by atoms with Crippen LogP contribution < -0.4 is 4.72 Å². The molecule has 0 fully saturated rings. The molecule has 176 valence electrons. The second-order valence-corrected chi connectivity index (χ2v) is 9.76. The normalized spacial score (nSPS) is 15.7. The quantitative estimate of drug-likeness (QED) is 0.442. The molecule has 1 aromatic heterocycles. The number of hydrogen-bond donors (Lipinski definition) is 1. The molecule has 0 spiro atoms. The lowest BCUT2D eigenvalue weighted by Crippen LogP contribution is -2.28. The van der Waals surface area contributed by atoms with Crippen molar-refractivity contribution < 1.29 is 27.2 Å². The Morgan fingerprint density at radius 1 is 1.18 bits per heavy atom. The van der Waals surface area contributed by atoms with Crippen LogP contribution in [0.15, 0.2) is 68.6 Å². The predicted molar refractivity (Wildman–Crippen MR) is 123 cm³/mol. The Balaban J connectivity index is 1.83. The molecule has 0 bridgehead atoms. The summed E-state index contributed by atoms with van der Waals surface area (Å²) in [6.07, 6.45) is 1.49. The molecule has 2 aromatic rings. The van der Waals surface area contributed by atoms with Gasteiger partial charge in [-0.15, -0.1) is 0 Å². The van der Waals surface area contributed by atoms with Crippen molar-refractivity contribution >= 4 is 28.0 Å². The van der Waals surface area contributed by atoms with Crippen LogP contribution in [0, 0.1) is 5.92 Å². The first-order chi connectivity index (χ1) is 15.6. The van der Waals surface area contributed by atoms with Crippen LogP contribution in [0.5, 0.6) is 0 Å². The summed E-state index contributed by atoms with van der Waals surface area (Å²) in [5.41, 5.74) is 0.948. The fourth-order valence-corrected chi connectivity index (χ4v) is 4.49. The Morgan fingerprint density at radius 2 is 1.88 bits per heavy atom. The fraction of sp³-hybridized carbons (Fsp3) is 0.333. The highest BCUT2D eigenvalue weighted by Crippen LogP contribution is 2.32. The van der Waals surface area contributed by atoms with Crippen molar-refractivity contribution in [2.75, 3.05) is 13.2 Å². The number of rotatable bonds is 9. The Kier molecular flexibility index (Phi) is 7.55. The summed E-state index contributed by atoms with van der Waals surface area (Å²) in [5.74, 6) is 0.0345. The minimum atomic E-state index is -3.69. The minimum Gasteiger partial charge on any atom is -0.462 e. The van der Waals surface area contributed by atoms with Gasteiger partial charge < -0.3 is 14.1 Å². The zero-order valence-electron chi connectivity index (χ0n) is 19.1. The minimum absolute atomic E-state index is 0.0621. The number of nitrogens with one attached hydrogen (secondary N) is 1. The predicted octanol–water partition coefficient (Wildman–Crippen LogP) is 3.48. The molecule has 1 aliphatic heterocycles. The molecule has 0 atom stereocenters. The summed E-state index contributed by atoms with van der Waals surface area (Å²) >= 11 is 0. The van der Waals surface area contributed by atoms with E-state index in [9.17, 15) is 18.0 Å². The largest absolute Gasteiger partial charge is 0.462 e. The molecule has 0 radical (unpaired) electrons. The number of allylic oxidation sites excluding steroid dienone is 1. The second-order valence-electron chi connectivity index (χ2n) is 7.99. The molecule has 1 amide bonds. The highest BCUT2D eigenvalue weighted by molar-refractivity contribution is 7.89. The van der Waals surface area contributed by atoms with Gasteiger partial charge in [-0.1, -0.05) is 32.0 Å². The van der Waals surface area contributed by atoms with Crippen molar-refractivity contribution in [1.29, 1.82) is 0 Å². The van der Waals surface area contributed by atoms with Crippen molar-refractivity contribution in [2.45, 2.75) is 39.1 Å². The Hall–Kier alpha value is -3.17. The van der Waals surface area contributed by atoms with Gasteiger partial charge in [0.25, 0.3) is 5.91 Å².